The van der Waals surface area contributed by atoms with Crippen LogP contribution in [-0.4, -0.2) is 40.6 Å². The number of aromatic amines is 1. The number of rotatable bonds is 8. The second-order valence-corrected chi connectivity index (χ2v) is 11.1. The maximum Gasteiger partial charge on any atom is 0.416 e. The molecule has 5 nitrogen and oxygen atoms in total. The number of thioether (sulfide) groups is 1. The molecule has 0 radical (unpaired) electrons. The van der Waals surface area contributed by atoms with Crippen molar-refractivity contribution in [3.63, 3.8) is 0 Å². The van der Waals surface area contributed by atoms with Gasteiger partial charge in [0.1, 0.15) is 17.5 Å². The number of nitrogens with zero attached hydrogens (tertiary/aromatic N) is 1. The van der Waals surface area contributed by atoms with E-state index in [9.17, 15) is 4.79 Å². The van der Waals surface area contributed by atoms with Crippen LogP contribution in [0, 0.1) is 0 Å². The summed E-state index contributed by atoms with van der Waals surface area (Å²) >= 11 is 14.2. The molecule has 0 saturated carbocycles. The van der Waals surface area contributed by atoms with Gasteiger partial charge >= 0.3 is 6.09 Å². The van der Waals surface area contributed by atoms with Gasteiger partial charge in [-0.15, -0.1) is 0 Å². The summed E-state index contributed by atoms with van der Waals surface area (Å²) in [6, 6.07) is 20.3. The lowest BCUT2D eigenvalue weighted by atomic mass is 9.92. The maximum absolute atomic E-state index is 13.4. The van der Waals surface area contributed by atoms with E-state index >= 15 is 0 Å². The molecule has 1 unspecified atom stereocenters. The molecule has 1 amide bonds. The Hall–Kier alpha value is -2.80. The smallest absolute Gasteiger partial charge is 0.416 e. The number of ether oxygens (including phenoxy) is 2. The number of amides is 1. The van der Waals surface area contributed by atoms with Crippen molar-refractivity contribution < 1.29 is 14.3 Å². The zero-order chi connectivity index (χ0) is 25.8. The lowest BCUT2D eigenvalue weighted by Crippen LogP contribution is -2.42. The van der Waals surface area contributed by atoms with Gasteiger partial charge in [-0.3, -0.25) is 4.90 Å². The SMILES string of the molecule is CCSCCCOc1ccc(C2c3[nH]c4ccc(Cl)cc4c3CCN2C(=O)Oc2ccc(Cl)cc2)cc1. The molecular weight excluding hydrogens is 527 g/mol. The molecule has 2 heterocycles. The predicted octanol–water partition coefficient (Wildman–Crippen LogP) is 8.14. The fourth-order valence-corrected chi connectivity index (χ4v) is 5.62. The standard InChI is InChI=1S/C29H28Cl2N2O3S/c1-2-37-17-3-16-35-22-9-4-19(5-10-22)28-27-24(25-18-21(31)8-13-26(25)32-27)14-15-33(28)29(34)36-23-11-6-20(30)7-12-23/h4-13,18,28,32H,2-3,14-17H2,1H3. The molecule has 1 aromatic heterocycles. The first kappa shape index (κ1) is 25.8. The van der Waals surface area contributed by atoms with E-state index in [0.29, 0.717) is 35.4 Å². The number of benzene rings is 3. The fraction of sp³-hybridized carbons (Fsp3) is 0.276. The Labute approximate surface area is 231 Å². The number of H-pyrrole nitrogens is 1. The first-order valence-corrected chi connectivity index (χ1v) is 14.3. The summed E-state index contributed by atoms with van der Waals surface area (Å²) in [6.07, 6.45) is 1.29. The number of fused-ring (bicyclic) bond motifs is 3. The van der Waals surface area contributed by atoms with Gasteiger partial charge in [0, 0.05) is 33.2 Å². The monoisotopic (exact) mass is 554 g/mol. The number of carbonyl (C=O) groups is 1. The summed E-state index contributed by atoms with van der Waals surface area (Å²) in [5.74, 6) is 3.48. The molecule has 0 bridgehead atoms. The second kappa shape index (κ2) is 11.7. The number of hydrogen-bond acceptors (Lipinski definition) is 4. The van der Waals surface area contributed by atoms with Gasteiger partial charge in [-0.25, -0.2) is 4.79 Å². The van der Waals surface area contributed by atoms with Crippen LogP contribution >= 0.6 is 35.0 Å². The van der Waals surface area contributed by atoms with Crippen molar-refractivity contribution >= 4 is 52.0 Å². The van der Waals surface area contributed by atoms with Gasteiger partial charge in [-0.2, -0.15) is 11.8 Å². The van der Waals surface area contributed by atoms with E-state index in [-0.39, 0.29) is 6.04 Å². The first-order chi connectivity index (χ1) is 18.0. The third-order valence-electron chi connectivity index (χ3n) is 6.44. The van der Waals surface area contributed by atoms with E-state index in [1.165, 1.54) is 5.56 Å². The highest BCUT2D eigenvalue weighted by atomic mass is 35.5. The molecule has 0 spiro atoms. The Morgan fingerprint density at radius 3 is 2.51 bits per heavy atom. The van der Waals surface area contributed by atoms with Crippen LogP contribution in [0.25, 0.3) is 10.9 Å². The van der Waals surface area contributed by atoms with Crippen molar-refractivity contribution in [2.75, 3.05) is 24.7 Å². The highest BCUT2D eigenvalue weighted by Crippen LogP contribution is 2.40. The zero-order valence-electron chi connectivity index (χ0n) is 20.5. The van der Waals surface area contributed by atoms with Crippen LogP contribution in [0.3, 0.4) is 0 Å². The van der Waals surface area contributed by atoms with Crippen LogP contribution in [0.1, 0.15) is 36.2 Å². The molecule has 1 atom stereocenters. The van der Waals surface area contributed by atoms with Crippen molar-refractivity contribution in [2.45, 2.75) is 25.8 Å². The van der Waals surface area contributed by atoms with Crippen LogP contribution in [-0.2, 0) is 6.42 Å². The third kappa shape index (κ3) is 5.87. The molecule has 3 aromatic carbocycles. The van der Waals surface area contributed by atoms with Crippen LogP contribution in [0.4, 0.5) is 4.79 Å². The Kier molecular flexibility index (Phi) is 8.18. The van der Waals surface area contributed by atoms with Crippen molar-refractivity contribution in [1.29, 1.82) is 0 Å². The first-order valence-electron chi connectivity index (χ1n) is 12.4. The summed E-state index contributed by atoms with van der Waals surface area (Å²) in [6.45, 7) is 3.36. The molecule has 1 aliphatic heterocycles. The number of aromatic nitrogens is 1. The van der Waals surface area contributed by atoms with E-state index in [2.05, 4.69) is 11.9 Å². The zero-order valence-corrected chi connectivity index (χ0v) is 22.8. The lowest BCUT2D eigenvalue weighted by Gasteiger charge is -2.35. The van der Waals surface area contributed by atoms with E-state index in [0.717, 1.165) is 45.8 Å². The van der Waals surface area contributed by atoms with Crippen LogP contribution < -0.4 is 9.47 Å². The molecule has 4 aromatic rings. The molecule has 1 aliphatic rings. The summed E-state index contributed by atoms with van der Waals surface area (Å²) in [4.78, 5) is 18.7. The topological polar surface area (TPSA) is 54.6 Å². The average Bonchev–Trinajstić information content (AvgIpc) is 3.27. The van der Waals surface area contributed by atoms with Gasteiger partial charge in [-0.05, 0) is 90.1 Å². The Morgan fingerprint density at radius 2 is 1.76 bits per heavy atom. The second-order valence-electron chi connectivity index (χ2n) is 8.84. The van der Waals surface area contributed by atoms with E-state index in [1.807, 2.05) is 54.2 Å². The summed E-state index contributed by atoms with van der Waals surface area (Å²) < 4.78 is 11.7. The number of nitrogens with one attached hydrogen (secondary N) is 1. The van der Waals surface area contributed by atoms with E-state index in [4.69, 9.17) is 32.7 Å². The molecule has 5 rings (SSSR count). The van der Waals surface area contributed by atoms with Gasteiger partial charge in [0.05, 0.1) is 6.61 Å². The van der Waals surface area contributed by atoms with Gasteiger partial charge in [0.15, 0.2) is 0 Å². The molecule has 0 aliphatic carbocycles. The van der Waals surface area contributed by atoms with E-state index < -0.39 is 6.09 Å². The van der Waals surface area contributed by atoms with Gasteiger partial charge < -0.3 is 14.5 Å². The van der Waals surface area contributed by atoms with Crippen LogP contribution in [0.5, 0.6) is 11.5 Å². The number of halogens is 2. The largest absolute Gasteiger partial charge is 0.494 e. The predicted molar refractivity (Wildman–Crippen MR) is 153 cm³/mol. The summed E-state index contributed by atoms with van der Waals surface area (Å²) in [5, 5.41) is 2.36. The van der Waals surface area contributed by atoms with Gasteiger partial charge in [0.2, 0.25) is 0 Å². The minimum Gasteiger partial charge on any atom is -0.494 e. The Bertz CT molecular complexity index is 1370. The fourth-order valence-electron chi connectivity index (χ4n) is 4.71. The normalized spacial score (nSPS) is 15.0. The lowest BCUT2D eigenvalue weighted by molar-refractivity contribution is 0.135. The molecular formula is C29H28Cl2N2O3S. The summed E-state index contributed by atoms with van der Waals surface area (Å²) in [7, 11) is 0. The molecule has 0 fully saturated rings. The van der Waals surface area contributed by atoms with Crippen molar-refractivity contribution in [3.05, 3.63) is 93.6 Å². The molecule has 37 heavy (non-hydrogen) atoms. The minimum atomic E-state index is -0.414. The molecule has 0 saturated heterocycles. The van der Waals surface area contributed by atoms with Crippen molar-refractivity contribution in [2.24, 2.45) is 0 Å². The average molecular weight is 556 g/mol. The molecule has 1 N–H and O–H groups in total. The van der Waals surface area contributed by atoms with Crippen LogP contribution in [0.15, 0.2) is 66.7 Å². The maximum atomic E-state index is 13.4. The van der Waals surface area contributed by atoms with Crippen molar-refractivity contribution in [1.82, 2.24) is 9.88 Å². The minimum absolute atomic E-state index is 0.343. The van der Waals surface area contributed by atoms with Gasteiger partial charge in [-0.1, -0.05) is 42.3 Å². The highest BCUT2D eigenvalue weighted by Gasteiger charge is 2.35. The Morgan fingerprint density at radius 1 is 1.03 bits per heavy atom. The molecule has 192 valence electrons. The quantitative estimate of drug-likeness (QED) is 0.223. The molecule has 8 heteroatoms. The summed E-state index contributed by atoms with van der Waals surface area (Å²) in [5.41, 5.74) is 4.12. The van der Waals surface area contributed by atoms with Crippen molar-refractivity contribution in [3.8, 4) is 11.5 Å². The number of carbonyl (C=O) groups excluding carboxylic acids is 1. The number of hydrogen-bond donors (Lipinski definition) is 1. The highest BCUT2D eigenvalue weighted by molar-refractivity contribution is 7.99. The van der Waals surface area contributed by atoms with Gasteiger partial charge in [0.25, 0.3) is 0 Å². The Balaban J connectivity index is 1.44. The van der Waals surface area contributed by atoms with E-state index in [1.54, 1.807) is 29.2 Å². The third-order valence-corrected chi connectivity index (χ3v) is 7.92. The van der Waals surface area contributed by atoms with Crippen LogP contribution in [0.2, 0.25) is 10.0 Å².